The van der Waals surface area contributed by atoms with Crippen molar-refractivity contribution in [2.24, 2.45) is 5.16 Å². The Bertz CT molecular complexity index is 1390. The van der Waals surface area contributed by atoms with E-state index in [1.54, 1.807) is 7.11 Å². The molecule has 2 atom stereocenters. The Morgan fingerprint density at radius 3 is 2.49 bits per heavy atom. The standard InChI is InChI=1S/C29H24BrN3O2/c1-34-24-16-14-20(15-17-24)26-19-29(22-9-3-2-4-10-22)33(27-13-6-5-12-25(27)31-26)28(32-35-29)21-8-7-11-23(30)18-21/h2-18,26,31H,19H2,1H3/t26-,29-/m1/s1. The van der Waals surface area contributed by atoms with Crippen LogP contribution in [0.4, 0.5) is 11.4 Å². The molecule has 0 aromatic heterocycles. The molecule has 6 rings (SSSR count). The average molecular weight is 526 g/mol. The molecule has 0 saturated heterocycles. The lowest BCUT2D eigenvalue weighted by molar-refractivity contribution is -0.0308. The van der Waals surface area contributed by atoms with Gasteiger partial charge < -0.3 is 14.9 Å². The smallest absolute Gasteiger partial charge is 0.243 e. The SMILES string of the molecule is COc1ccc([C@H]2C[C@]3(c4ccccc4)ON=C(c4cccc(Br)c4)N3c3ccccc3N2)cc1. The summed E-state index contributed by atoms with van der Waals surface area (Å²) in [6, 6.07) is 35.1. The van der Waals surface area contributed by atoms with Gasteiger partial charge in [-0.25, -0.2) is 0 Å². The molecule has 0 saturated carbocycles. The fourth-order valence-electron chi connectivity index (χ4n) is 4.96. The number of rotatable bonds is 4. The highest BCUT2D eigenvalue weighted by Gasteiger charge is 2.52. The molecule has 174 valence electrons. The average Bonchev–Trinajstić information content (AvgIpc) is 3.22. The van der Waals surface area contributed by atoms with Crippen molar-refractivity contribution in [2.75, 3.05) is 17.3 Å². The van der Waals surface area contributed by atoms with Crippen molar-refractivity contribution >= 4 is 33.1 Å². The maximum Gasteiger partial charge on any atom is 0.243 e. The first-order chi connectivity index (χ1) is 17.2. The number of oxime groups is 1. The molecular formula is C29H24BrN3O2. The summed E-state index contributed by atoms with van der Waals surface area (Å²) in [5, 5.41) is 8.50. The van der Waals surface area contributed by atoms with Crippen molar-refractivity contribution in [1.29, 1.82) is 0 Å². The summed E-state index contributed by atoms with van der Waals surface area (Å²) >= 11 is 3.62. The van der Waals surface area contributed by atoms with Gasteiger partial charge in [0.05, 0.1) is 24.5 Å². The summed E-state index contributed by atoms with van der Waals surface area (Å²) in [7, 11) is 1.69. The monoisotopic (exact) mass is 525 g/mol. The number of nitrogens with one attached hydrogen (secondary N) is 1. The Hall–Kier alpha value is -3.77. The number of hydrogen-bond acceptors (Lipinski definition) is 5. The van der Waals surface area contributed by atoms with Crippen molar-refractivity contribution in [3.8, 4) is 5.75 Å². The van der Waals surface area contributed by atoms with E-state index in [-0.39, 0.29) is 6.04 Å². The van der Waals surface area contributed by atoms with Crippen LogP contribution in [0.2, 0.25) is 0 Å². The Balaban J connectivity index is 1.55. The van der Waals surface area contributed by atoms with Crippen molar-refractivity contribution in [2.45, 2.75) is 18.2 Å². The van der Waals surface area contributed by atoms with Gasteiger partial charge in [-0.3, -0.25) is 4.90 Å². The van der Waals surface area contributed by atoms with Gasteiger partial charge in [-0.2, -0.15) is 0 Å². The minimum absolute atomic E-state index is 0.0238. The van der Waals surface area contributed by atoms with Gasteiger partial charge >= 0.3 is 0 Å². The molecule has 2 aliphatic heterocycles. The van der Waals surface area contributed by atoms with E-state index in [1.807, 2.05) is 30.3 Å². The van der Waals surface area contributed by atoms with E-state index < -0.39 is 5.72 Å². The van der Waals surface area contributed by atoms with E-state index in [4.69, 9.17) is 14.7 Å². The summed E-state index contributed by atoms with van der Waals surface area (Å²) in [6.45, 7) is 0. The van der Waals surface area contributed by atoms with Gasteiger partial charge in [0.2, 0.25) is 5.72 Å². The van der Waals surface area contributed by atoms with Crippen LogP contribution in [0.1, 0.15) is 29.2 Å². The highest BCUT2D eigenvalue weighted by atomic mass is 79.9. The molecule has 2 aliphatic rings. The van der Waals surface area contributed by atoms with Crippen molar-refractivity contribution in [1.82, 2.24) is 0 Å². The summed E-state index contributed by atoms with van der Waals surface area (Å²) in [5.41, 5.74) is 4.39. The van der Waals surface area contributed by atoms with Crippen LogP contribution in [-0.2, 0) is 10.6 Å². The normalized spacial score (nSPS) is 20.6. The van der Waals surface area contributed by atoms with E-state index in [0.29, 0.717) is 6.42 Å². The Morgan fingerprint density at radius 2 is 1.71 bits per heavy atom. The van der Waals surface area contributed by atoms with Gasteiger partial charge in [-0.15, -0.1) is 0 Å². The third-order valence-electron chi connectivity index (χ3n) is 6.64. The van der Waals surface area contributed by atoms with E-state index in [9.17, 15) is 0 Å². The number of methoxy groups -OCH3 is 1. The van der Waals surface area contributed by atoms with E-state index in [2.05, 4.69) is 98.9 Å². The number of ether oxygens (including phenoxy) is 1. The zero-order valence-electron chi connectivity index (χ0n) is 19.2. The second-order valence-electron chi connectivity index (χ2n) is 8.69. The first-order valence-corrected chi connectivity index (χ1v) is 12.3. The van der Waals surface area contributed by atoms with Crippen LogP contribution in [0.15, 0.2) is 113 Å². The van der Waals surface area contributed by atoms with Crippen LogP contribution in [0.3, 0.4) is 0 Å². The first-order valence-electron chi connectivity index (χ1n) is 11.6. The molecule has 0 fully saturated rings. The third kappa shape index (κ3) is 3.74. The van der Waals surface area contributed by atoms with Gasteiger partial charge in [-0.05, 0) is 42.0 Å². The van der Waals surface area contributed by atoms with Crippen LogP contribution in [-0.4, -0.2) is 12.9 Å². The third-order valence-corrected chi connectivity index (χ3v) is 7.13. The predicted octanol–water partition coefficient (Wildman–Crippen LogP) is 7.07. The molecule has 0 bridgehead atoms. The summed E-state index contributed by atoms with van der Waals surface area (Å²) in [4.78, 5) is 8.75. The van der Waals surface area contributed by atoms with Crippen LogP contribution < -0.4 is 15.0 Å². The van der Waals surface area contributed by atoms with Gasteiger partial charge in [0.15, 0.2) is 5.84 Å². The maximum absolute atomic E-state index is 6.50. The molecule has 4 aromatic rings. The number of hydrogen-bond donors (Lipinski definition) is 1. The predicted molar refractivity (Wildman–Crippen MR) is 143 cm³/mol. The summed E-state index contributed by atoms with van der Waals surface area (Å²) in [5.74, 6) is 1.61. The van der Waals surface area contributed by atoms with Crippen molar-refractivity contribution < 1.29 is 9.57 Å². The lowest BCUT2D eigenvalue weighted by atomic mass is 9.90. The number of halogens is 1. The number of amidine groups is 1. The summed E-state index contributed by atoms with van der Waals surface area (Å²) < 4.78 is 6.39. The number of fused-ring (bicyclic) bond motifs is 3. The van der Waals surface area contributed by atoms with Crippen LogP contribution in [0, 0.1) is 0 Å². The lowest BCUT2D eigenvalue weighted by Gasteiger charge is -2.37. The number of para-hydroxylation sites is 2. The van der Waals surface area contributed by atoms with E-state index >= 15 is 0 Å². The molecule has 0 unspecified atom stereocenters. The topological polar surface area (TPSA) is 46.1 Å². The van der Waals surface area contributed by atoms with Gasteiger partial charge in [0.25, 0.3) is 0 Å². The zero-order valence-corrected chi connectivity index (χ0v) is 20.8. The molecule has 0 spiro atoms. The van der Waals surface area contributed by atoms with Gasteiger partial charge in [0, 0.05) is 22.0 Å². The number of anilines is 2. The fourth-order valence-corrected chi connectivity index (χ4v) is 5.36. The Kier molecular flexibility index (Phi) is 5.46. The number of nitrogens with zero attached hydrogens (tertiary/aromatic N) is 2. The second kappa shape index (κ2) is 8.78. The molecule has 35 heavy (non-hydrogen) atoms. The van der Waals surface area contributed by atoms with E-state index in [0.717, 1.165) is 44.1 Å². The van der Waals surface area contributed by atoms with E-state index in [1.165, 1.54) is 0 Å². The lowest BCUT2D eigenvalue weighted by Crippen LogP contribution is -2.47. The molecule has 2 heterocycles. The van der Waals surface area contributed by atoms with Crippen molar-refractivity contribution in [3.63, 3.8) is 0 Å². The van der Waals surface area contributed by atoms with Gasteiger partial charge in [0.1, 0.15) is 5.75 Å². The van der Waals surface area contributed by atoms with Crippen LogP contribution in [0.5, 0.6) is 5.75 Å². The maximum atomic E-state index is 6.50. The minimum atomic E-state index is -0.830. The molecule has 5 nitrogen and oxygen atoms in total. The van der Waals surface area contributed by atoms with Crippen LogP contribution >= 0.6 is 15.9 Å². The molecular weight excluding hydrogens is 502 g/mol. The van der Waals surface area contributed by atoms with Crippen molar-refractivity contribution in [3.05, 3.63) is 124 Å². The molecule has 6 heteroatoms. The zero-order chi connectivity index (χ0) is 23.8. The molecule has 0 aliphatic carbocycles. The Morgan fingerprint density at radius 1 is 0.943 bits per heavy atom. The minimum Gasteiger partial charge on any atom is -0.497 e. The first kappa shape index (κ1) is 21.7. The fraction of sp³-hybridized carbons (Fsp3) is 0.138. The summed E-state index contributed by atoms with van der Waals surface area (Å²) in [6.07, 6.45) is 0.638. The molecule has 4 aromatic carbocycles. The van der Waals surface area contributed by atoms with Gasteiger partial charge in [-0.1, -0.05) is 87.8 Å². The second-order valence-corrected chi connectivity index (χ2v) is 9.61. The number of benzene rings is 4. The largest absolute Gasteiger partial charge is 0.497 e. The highest BCUT2D eigenvalue weighted by Crippen LogP contribution is 2.51. The van der Waals surface area contributed by atoms with Crippen LogP contribution in [0.25, 0.3) is 0 Å². The molecule has 0 amide bonds. The highest BCUT2D eigenvalue weighted by molar-refractivity contribution is 9.10. The Labute approximate surface area is 213 Å². The molecule has 1 N–H and O–H groups in total. The quantitative estimate of drug-likeness (QED) is 0.309. The molecule has 0 radical (unpaired) electrons.